The fourth-order valence-electron chi connectivity index (χ4n) is 3.60. The molecule has 31 heavy (non-hydrogen) atoms. The Kier molecular flexibility index (Phi) is 8.20. The van der Waals surface area contributed by atoms with Crippen molar-refractivity contribution in [3.63, 3.8) is 0 Å². The van der Waals surface area contributed by atoms with Gasteiger partial charge >= 0.3 is 0 Å². The second-order valence-electron chi connectivity index (χ2n) is 7.24. The average Bonchev–Trinajstić information content (AvgIpc) is 2.80. The molecule has 7 heteroatoms. The molecule has 1 amide bonds. The first-order chi connectivity index (χ1) is 15.0. The molecule has 0 unspecified atom stereocenters. The van der Waals surface area contributed by atoms with Gasteiger partial charge in [-0.25, -0.2) is 0 Å². The van der Waals surface area contributed by atoms with E-state index in [1.807, 2.05) is 54.3 Å². The summed E-state index contributed by atoms with van der Waals surface area (Å²) in [7, 11) is 3.18. The Morgan fingerprint density at radius 2 is 1.77 bits per heavy atom. The zero-order valence-electron chi connectivity index (χ0n) is 18.3. The van der Waals surface area contributed by atoms with E-state index in [9.17, 15) is 4.79 Å². The van der Waals surface area contributed by atoms with Gasteiger partial charge in [-0.1, -0.05) is 23.8 Å². The summed E-state index contributed by atoms with van der Waals surface area (Å²) in [5.74, 6) is 1.99. The summed E-state index contributed by atoms with van der Waals surface area (Å²) in [6.07, 6.45) is 3.83. The molecule has 0 radical (unpaired) electrons. The van der Waals surface area contributed by atoms with Gasteiger partial charge in [0.25, 0.3) is 5.91 Å². The SMILES string of the molecule is C/C=C/c1cc(C(=O)N2CCN(CCOc3ccc(Cl)cc3)CC2)cc(OC)c1OC. The predicted molar refractivity (Wildman–Crippen MR) is 124 cm³/mol. The highest BCUT2D eigenvalue weighted by Crippen LogP contribution is 2.34. The normalized spacial score (nSPS) is 14.6. The molecule has 1 heterocycles. The fourth-order valence-corrected chi connectivity index (χ4v) is 3.73. The minimum absolute atomic E-state index is 0.00349. The van der Waals surface area contributed by atoms with E-state index >= 15 is 0 Å². The molecular formula is C24H29ClN2O4. The number of carbonyl (C=O) groups excluding carboxylic acids is 1. The van der Waals surface area contributed by atoms with Gasteiger partial charge in [-0.2, -0.15) is 0 Å². The van der Waals surface area contributed by atoms with Crippen LogP contribution in [-0.4, -0.2) is 69.3 Å². The Bertz CT molecular complexity index is 907. The van der Waals surface area contributed by atoms with Gasteiger partial charge in [0.05, 0.1) is 14.2 Å². The molecule has 6 nitrogen and oxygen atoms in total. The second kappa shape index (κ2) is 11.1. The summed E-state index contributed by atoms with van der Waals surface area (Å²) in [6.45, 7) is 6.30. The summed E-state index contributed by atoms with van der Waals surface area (Å²) >= 11 is 5.89. The predicted octanol–water partition coefficient (Wildman–Crippen LogP) is 4.23. The number of carbonyl (C=O) groups is 1. The van der Waals surface area contributed by atoms with Crippen LogP contribution in [0, 0.1) is 0 Å². The molecule has 166 valence electrons. The summed E-state index contributed by atoms with van der Waals surface area (Å²) < 4.78 is 16.7. The van der Waals surface area contributed by atoms with E-state index < -0.39 is 0 Å². The first-order valence-corrected chi connectivity index (χ1v) is 10.7. The van der Waals surface area contributed by atoms with Gasteiger partial charge in [-0.05, 0) is 43.3 Å². The Morgan fingerprint density at radius 1 is 1.06 bits per heavy atom. The number of rotatable bonds is 8. The van der Waals surface area contributed by atoms with Gasteiger partial charge in [0.15, 0.2) is 11.5 Å². The lowest BCUT2D eigenvalue weighted by atomic mass is 10.1. The van der Waals surface area contributed by atoms with Gasteiger partial charge in [0.1, 0.15) is 12.4 Å². The summed E-state index contributed by atoms with van der Waals surface area (Å²) in [5.41, 5.74) is 1.43. The molecule has 0 aliphatic carbocycles. The Balaban J connectivity index is 1.56. The van der Waals surface area contributed by atoms with Crippen molar-refractivity contribution in [3.8, 4) is 17.2 Å². The van der Waals surface area contributed by atoms with Crippen molar-refractivity contribution in [3.05, 3.63) is 58.6 Å². The number of piperazine rings is 1. The molecule has 0 bridgehead atoms. The molecule has 0 saturated carbocycles. The number of nitrogens with zero attached hydrogens (tertiary/aromatic N) is 2. The molecule has 0 spiro atoms. The van der Waals surface area contributed by atoms with Crippen LogP contribution in [0.15, 0.2) is 42.5 Å². The molecular weight excluding hydrogens is 416 g/mol. The van der Waals surface area contributed by atoms with E-state index in [4.69, 9.17) is 25.8 Å². The van der Waals surface area contributed by atoms with Gasteiger partial charge in [0.2, 0.25) is 0 Å². The van der Waals surface area contributed by atoms with E-state index in [0.29, 0.717) is 41.8 Å². The van der Waals surface area contributed by atoms with Crippen molar-refractivity contribution in [1.82, 2.24) is 9.80 Å². The summed E-state index contributed by atoms with van der Waals surface area (Å²) in [4.78, 5) is 17.3. The number of hydrogen-bond donors (Lipinski definition) is 0. The van der Waals surface area contributed by atoms with Crippen LogP contribution in [0.25, 0.3) is 6.08 Å². The first kappa shape index (κ1) is 23.0. The van der Waals surface area contributed by atoms with Crippen molar-refractivity contribution < 1.29 is 19.0 Å². The van der Waals surface area contributed by atoms with Gasteiger partial charge < -0.3 is 19.1 Å². The van der Waals surface area contributed by atoms with Crippen LogP contribution in [0.5, 0.6) is 17.2 Å². The van der Waals surface area contributed by atoms with Crippen LogP contribution in [0.4, 0.5) is 0 Å². The Hall–Kier alpha value is -2.70. The number of ether oxygens (including phenoxy) is 3. The highest BCUT2D eigenvalue weighted by Gasteiger charge is 2.24. The third-order valence-electron chi connectivity index (χ3n) is 5.25. The third-order valence-corrected chi connectivity index (χ3v) is 5.50. The molecule has 1 aliphatic rings. The van der Waals surface area contributed by atoms with Crippen LogP contribution in [0.2, 0.25) is 5.02 Å². The number of hydrogen-bond acceptors (Lipinski definition) is 5. The molecule has 1 saturated heterocycles. The highest BCUT2D eigenvalue weighted by atomic mass is 35.5. The van der Waals surface area contributed by atoms with E-state index in [1.165, 1.54) is 0 Å². The van der Waals surface area contributed by atoms with Crippen molar-refractivity contribution in [2.75, 3.05) is 53.6 Å². The maximum absolute atomic E-state index is 13.1. The number of halogens is 1. The monoisotopic (exact) mass is 444 g/mol. The van der Waals surface area contributed by atoms with Crippen LogP contribution in [0.3, 0.4) is 0 Å². The van der Waals surface area contributed by atoms with Crippen molar-refractivity contribution >= 4 is 23.6 Å². The molecule has 0 atom stereocenters. The number of allylic oxidation sites excluding steroid dienone is 1. The standard InChI is InChI=1S/C24H29ClN2O4/c1-4-5-18-16-19(17-22(29-2)23(18)30-3)24(28)27-12-10-26(11-13-27)14-15-31-21-8-6-20(25)7-9-21/h4-9,16-17H,10-15H2,1-3H3/b5-4+. The molecule has 2 aromatic rings. The number of benzene rings is 2. The first-order valence-electron chi connectivity index (χ1n) is 10.3. The number of methoxy groups -OCH3 is 2. The average molecular weight is 445 g/mol. The van der Waals surface area contributed by atoms with Crippen molar-refractivity contribution in [1.29, 1.82) is 0 Å². The lowest BCUT2D eigenvalue weighted by molar-refractivity contribution is 0.0620. The van der Waals surface area contributed by atoms with E-state index in [1.54, 1.807) is 20.3 Å². The van der Waals surface area contributed by atoms with Gasteiger partial charge in [-0.15, -0.1) is 0 Å². The highest BCUT2D eigenvalue weighted by molar-refractivity contribution is 6.30. The zero-order valence-corrected chi connectivity index (χ0v) is 19.0. The lowest BCUT2D eigenvalue weighted by Gasteiger charge is -2.34. The quantitative estimate of drug-likeness (QED) is 0.610. The van der Waals surface area contributed by atoms with Crippen LogP contribution >= 0.6 is 11.6 Å². The van der Waals surface area contributed by atoms with Crippen molar-refractivity contribution in [2.45, 2.75) is 6.92 Å². The van der Waals surface area contributed by atoms with Gasteiger partial charge in [-0.3, -0.25) is 9.69 Å². The molecule has 0 N–H and O–H groups in total. The maximum atomic E-state index is 13.1. The largest absolute Gasteiger partial charge is 0.493 e. The van der Waals surface area contributed by atoms with Crippen molar-refractivity contribution in [2.24, 2.45) is 0 Å². The Morgan fingerprint density at radius 3 is 2.39 bits per heavy atom. The van der Waals surface area contributed by atoms with E-state index in [0.717, 1.165) is 30.9 Å². The minimum Gasteiger partial charge on any atom is -0.493 e. The lowest BCUT2D eigenvalue weighted by Crippen LogP contribution is -2.49. The topological polar surface area (TPSA) is 51.2 Å². The van der Waals surface area contributed by atoms with Crippen LogP contribution < -0.4 is 14.2 Å². The zero-order chi connectivity index (χ0) is 22.2. The molecule has 1 fully saturated rings. The van der Waals surface area contributed by atoms with Crippen LogP contribution in [-0.2, 0) is 0 Å². The second-order valence-corrected chi connectivity index (χ2v) is 7.67. The summed E-state index contributed by atoms with van der Waals surface area (Å²) in [5, 5.41) is 0.695. The van der Waals surface area contributed by atoms with E-state index in [2.05, 4.69) is 4.90 Å². The summed E-state index contributed by atoms with van der Waals surface area (Å²) in [6, 6.07) is 11.0. The molecule has 1 aliphatic heterocycles. The molecule has 0 aromatic heterocycles. The Labute approximate surface area is 188 Å². The minimum atomic E-state index is 0.00349. The smallest absolute Gasteiger partial charge is 0.254 e. The third kappa shape index (κ3) is 5.93. The van der Waals surface area contributed by atoms with E-state index in [-0.39, 0.29) is 5.91 Å². The number of amides is 1. The fraction of sp³-hybridized carbons (Fsp3) is 0.375. The maximum Gasteiger partial charge on any atom is 0.254 e. The molecule has 2 aromatic carbocycles. The van der Waals surface area contributed by atoms with Crippen LogP contribution in [0.1, 0.15) is 22.8 Å². The van der Waals surface area contributed by atoms with Gasteiger partial charge in [0, 0.05) is 48.9 Å². The molecule has 3 rings (SSSR count).